The van der Waals surface area contributed by atoms with Crippen LogP contribution in [0.2, 0.25) is 5.02 Å². The molecule has 3 fully saturated rings. The van der Waals surface area contributed by atoms with E-state index >= 15 is 0 Å². The molecule has 0 aromatic carbocycles. The van der Waals surface area contributed by atoms with Crippen LogP contribution in [0.25, 0.3) is 0 Å². The van der Waals surface area contributed by atoms with Crippen LogP contribution in [0.15, 0.2) is 12.3 Å². The Bertz CT molecular complexity index is 695. The summed E-state index contributed by atoms with van der Waals surface area (Å²) in [6, 6.07) is 3.92. The standard InChI is InChI=1S/C17H21ClN4O2/c1-17(2,3)24-16(23)22-10-12-4-5-13(22)9-21(12)15-14(18)11(8-19)6-7-20-15/h6-7,12-13H,4-5,9-10H2,1-3H3. The second kappa shape index (κ2) is 6.14. The van der Waals surface area contributed by atoms with Gasteiger partial charge >= 0.3 is 6.09 Å². The first kappa shape index (κ1) is 16.8. The Morgan fingerprint density at radius 1 is 1.38 bits per heavy atom. The summed E-state index contributed by atoms with van der Waals surface area (Å²) in [4.78, 5) is 20.7. The van der Waals surface area contributed by atoms with E-state index in [0.29, 0.717) is 29.5 Å². The summed E-state index contributed by atoms with van der Waals surface area (Å²) >= 11 is 6.33. The van der Waals surface area contributed by atoms with Crippen molar-refractivity contribution in [2.75, 3.05) is 18.0 Å². The number of aromatic nitrogens is 1. The van der Waals surface area contributed by atoms with E-state index < -0.39 is 5.60 Å². The first-order valence-electron chi connectivity index (χ1n) is 8.11. The van der Waals surface area contributed by atoms with Crippen LogP contribution in [0.4, 0.5) is 10.6 Å². The van der Waals surface area contributed by atoms with Crippen LogP contribution >= 0.6 is 11.6 Å². The summed E-state index contributed by atoms with van der Waals surface area (Å²) < 4.78 is 5.51. The lowest BCUT2D eigenvalue weighted by molar-refractivity contribution is 0.000791. The smallest absolute Gasteiger partial charge is 0.410 e. The number of ether oxygens (including phenoxy) is 1. The highest BCUT2D eigenvalue weighted by atomic mass is 35.5. The second-order valence-electron chi connectivity index (χ2n) is 7.28. The number of anilines is 1. The van der Waals surface area contributed by atoms with E-state index in [4.69, 9.17) is 21.6 Å². The number of nitriles is 1. The van der Waals surface area contributed by atoms with Gasteiger partial charge in [0.15, 0.2) is 0 Å². The molecule has 3 aliphatic heterocycles. The fourth-order valence-electron chi connectivity index (χ4n) is 3.35. The van der Waals surface area contributed by atoms with Gasteiger partial charge in [-0.3, -0.25) is 0 Å². The van der Waals surface area contributed by atoms with E-state index in [1.165, 1.54) is 0 Å². The minimum atomic E-state index is -0.501. The molecule has 0 spiro atoms. The number of hydrogen-bond acceptors (Lipinski definition) is 5. The van der Waals surface area contributed by atoms with Gasteiger partial charge in [-0.25, -0.2) is 9.78 Å². The molecule has 1 amide bonds. The highest BCUT2D eigenvalue weighted by molar-refractivity contribution is 6.34. The first-order chi connectivity index (χ1) is 11.3. The lowest BCUT2D eigenvalue weighted by Gasteiger charge is -2.51. The van der Waals surface area contributed by atoms with Gasteiger partial charge in [0.05, 0.1) is 11.6 Å². The Labute approximate surface area is 147 Å². The van der Waals surface area contributed by atoms with Gasteiger partial charge in [-0.15, -0.1) is 0 Å². The third-order valence-electron chi connectivity index (χ3n) is 4.42. The Kier molecular flexibility index (Phi) is 4.31. The third kappa shape index (κ3) is 3.13. The molecule has 0 radical (unpaired) electrons. The number of rotatable bonds is 1. The van der Waals surface area contributed by atoms with Crippen molar-refractivity contribution in [1.29, 1.82) is 5.26 Å². The number of nitrogens with zero attached hydrogens (tertiary/aromatic N) is 4. The van der Waals surface area contributed by atoms with Gasteiger partial charge in [0.25, 0.3) is 0 Å². The SMILES string of the molecule is CC(C)(C)OC(=O)N1CC2CCC1CN2c1nccc(C#N)c1Cl. The Hall–Kier alpha value is -2.00. The van der Waals surface area contributed by atoms with Gasteiger partial charge in [-0.1, -0.05) is 11.6 Å². The van der Waals surface area contributed by atoms with E-state index in [9.17, 15) is 4.79 Å². The molecule has 0 saturated carbocycles. The quantitative estimate of drug-likeness (QED) is 0.779. The maximum Gasteiger partial charge on any atom is 0.410 e. The lowest BCUT2D eigenvalue weighted by atomic mass is 9.91. The molecule has 1 aromatic rings. The van der Waals surface area contributed by atoms with Crippen molar-refractivity contribution in [1.82, 2.24) is 9.88 Å². The molecule has 0 aliphatic carbocycles. The number of piperidine rings is 2. The van der Waals surface area contributed by atoms with Crippen molar-refractivity contribution in [2.45, 2.75) is 51.3 Å². The number of halogens is 1. The summed E-state index contributed by atoms with van der Waals surface area (Å²) in [5, 5.41) is 9.53. The largest absolute Gasteiger partial charge is 0.444 e. The molecule has 2 atom stereocenters. The molecule has 2 unspecified atom stereocenters. The topological polar surface area (TPSA) is 69.5 Å². The molecule has 128 valence electrons. The monoisotopic (exact) mass is 348 g/mol. The summed E-state index contributed by atoms with van der Waals surface area (Å²) in [5.41, 5.74) is -0.0773. The number of carbonyl (C=O) groups excluding carboxylic acids is 1. The number of hydrogen-bond donors (Lipinski definition) is 0. The van der Waals surface area contributed by atoms with Crippen LogP contribution in [0.3, 0.4) is 0 Å². The second-order valence-corrected chi connectivity index (χ2v) is 7.66. The van der Waals surface area contributed by atoms with Crippen molar-refractivity contribution >= 4 is 23.5 Å². The van der Waals surface area contributed by atoms with Crippen LogP contribution in [0, 0.1) is 11.3 Å². The average molecular weight is 349 g/mol. The van der Waals surface area contributed by atoms with Gasteiger partial charge in [0, 0.05) is 25.3 Å². The minimum absolute atomic E-state index is 0.0773. The van der Waals surface area contributed by atoms with Gasteiger partial charge in [-0.05, 0) is 39.7 Å². The van der Waals surface area contributed by atoms with Gasteiger partial charge in [0.1, 0.15) is 22.5 Å². The zero-order valence-electron chi connectivity index (χ0n) is 14.1. The molecule has 2 bridgehead atoms. The molecular formula is C17H21ClN4O2. The molecule has 4 heterocycles. The maximum atomic E-state index is 12.4. The molecule has 7 heteroatoms. The molecule has 4 rings (SSSR count). The van der Waals surface area contributed by atoms with Gasteiger partial charge < -0.3 is 14.5 Å². The van der Waals surface area contributed by atoms with E-state index in [2.05, 4.69) is 16.0 Å². The van der Waals surface area contributed by atoms with Crippen LogP contribution in [-0.2, 0) is 4.74 Å². The zero-order chi connectivity index (χ0) is 17.5. The highest BCUT2D eigenvalue weighted by Gasteiger charge is 2.43. The predicted octanol–water partition coefficient (Wildman–Crippen LogP) is 3.19. The van der Waals surface area contributed by atoms with Gasteiger partial charge in [-0.2, -0.15) is 5.26 Å². The molecular weight excluding hydrogens is 328 g/mol. The van der Waals surface area contributed by atoms with E-state index in [1.807, 2.05) is 25.7 Å². The fraction of sp³-hybridized carbons (Fsp3) is 0.588. The summed E-state index contributed by atoms with van der Waals surface area (Å²) in [6.07, 6.45) is 3.25. The van der Waals surface area contributed by atoms with Crippen LogP contribution in [-0.4, -0.2) is 46.8 Å². The molecule has 6 nitrogen and oxygen atoms in total. The molecule has 24 heavy (non-hydrogen) atoms. The molecule has 0 N–H and O–H groups in total. The normalized spacial score (nSPS) is 23.1. The minimum Gasteiger partial charge on any atom is -0.444 e. The lowest BCUT2D eigenvalue weighted by Crippen LogP contribution is -2.64. The predicted molar refractivity (Wildman–Crippen MR) is 91.1 cm³/mol. The first-order valence-corrected chi connectivity index (χ1v) is 8.49. The number of piperazine rings is 1. The van der Waals surface area contributed by atoms with Crippen molar-refractivity contribution in [3.8, 4) is 6.07 Å². The van der Waals surface area contributed by atoms with Gasteiger partial charge in [0.2, 0.25) is 0 Å². The maximum absolute atomic E-state index is 12.4. The van der Waals surface area contributed by atoms with Crippen molar-refractivity contribution in [2.24, 2.45) is 0 Å². The van der Waals surface area contributed by atoms with Crippen LogP contribution < -0.4 is 4.90 Å². The summed E-state index contributed by atoms with van der Waals surface area (Å²) in [5.74, 6) is 0.634. The van der Waals surface area contributed by atoms with Crippen molar-refractivity contribution in [3.63, 3.8) is 0 Å². The Morgan fingerprint density at radius 2 is 2.08 bits per heavy atom. The summed E-state index contributed by atoms with van der Waals surface area (Å²) in [6.45, 7) is 6.86. The molecule has 3 saturated heterocycles. The van der Waals surface area contributed by atoms with E-state index in [-0.39, 0.29) is 18.2 Å². The van der Waals surface area contributed by atoms with E-state index in [1.54, 1.807) is 12.3 Å². The average Bonchev–Trinajstić information content (AvgIpc) is 2.54. The van der Waals surface area contributed by atoms with Crippen LogP contribution in [0.1, 0.15) is 39.2 Å². The highest BCUT2D eigenvalue weighted by Crippen LogP contribution is 2.36. The number of pyridine rings is 1. The van der Waals surface area contributed by atoms with Crippen molar-refractivity contribution < 1.29 is 9.53 Å². The Morgan fingerprint density at radius 3 is 2.67 bits per heavy atom. The Balaban J connectivity index is 1.79. The van der Waals surface area contributed by atoms with E-state index in [0.717, 1.165) is 12.8 Å². The number of carbonyl (C=O) groups is 1. The summed E-state index contributed by atoms with van der Waals surface area (Å²) in [7, 11) is 0. The third-order valence-corrected chi connectivity index (χ3v) is 4.79. The van der Waals surface area contributed by atoms with Crippen molar-refractivity contribution in [3.05, 3.63) is 22.8 Å². The molecule has 1 aromatic heterocycles. The number of fused-ring (bicyclic) bond motifs is 3. The zero-order valence-corrected chi connectivity index (χ0v) is 14.9. The molecule has 3 aliphatic rings. The number of amides is 1. The fourth-order valence-corrected chi connectivity index (χ4v) is 3.61. The van der Waals surface area contributed by atoms with Crippen LogP contribution in [0.5, 0.6) is 0 Å².